The largest absolute Gasteiger partial charge is 0.488 e. The van der Waals surface area contributed by atoms with E-state index in [-0.39, 0.29) is 18.6 Å². The zero-order valence-electron chi connectivity index (χ0n) is 13.0. The summed E-state index contributed by atoms with van der Waals surface area (Å²) in [6.45, 7) is 1.13. The van der Waals surface area contributed by atoms with Crippen molar-refractivity contribution in [2.24, 2.45) is 11.8 Å². The first-order valence-electron chi connectivity index (χ1n) is 7.71. The van der Waals surface area contributed by atoms with Crippen LogP contribution in [0.25, 0.3) is 0 Å². The number of fused-ring (bicyclic) bond motifs is 1. The molecule has 0 bridgehead atoms. The summed E-state index contributed by atoms with van der Waals surface area (Å²) in [5, 5.41) is 0. The molecule has 2 fully saturated rings. The van der Waals surface area contributed by atoms with E-state index in [1.807, 2.05) is 12.1 Å². The summed E-state index contributed by atoms with van der Waals surface area (Å²) < 4.78 is 30.5. The fraction of sp³-hybridized carbons (Fsp3) is 0.600. The number of aromatic nitrogens is 1. The van der Waals surface area contributed by atoms with Crippen LogP contribution in [0.1, 0.15) is 12.8 Å². The fourth-order valence-electron chi connectivity index (χ4n) is 3.46. The van der Waals surface area contributed by atoms with Crippen molar-refractivity contribution >= 4 is 15.9 Å². The van der Waals surface area contributed by atoms with Crippen molar-refractivity contribution in [3.05, 3.63) is 24.5 Å². The number of amides is 1. The highest BCUT2D eigenvalue weighted by atomic mass is 32.2. The van der Waals surface area contributed by atoms with Crippen LogP contribution in [0.15, 0.2) is 24.5 Å². The predicted molar refractivity (Wildman–Crippen MR) is 84.3 cm³/mol. The first kappa shape index (κ1) is 16.2. The molecule has 1 saturated carbocycles. The lowest BCUT2D eigenvalue weighted by atomic mass is 9.99. The molecule has 1 saturated heterocycles. The summed E-state index contributed by atoms with van der Waals surface area (Å²) in [7, 11) is -3.35. The Kier molecular flexibility index (Phi) is 4.54. The molecule has 0 spiro atoms. The van der Waals surface area contributed by atoms with Gasteiger partial charge in [0, 0.05) is 25.2 Å². The lowest BCUT2D eigenvalue weighted by molar-refractivity contribution is -0.129. The van der Waals surface area contributed by atoms with Gasteiger partial charge in [0.2, 0.25) is 15.9 Å². The Morgan fingerprint density at radius 1 is 1.43 bits per heavy atom. The van der Waals surface area contributed by atoms with Gasteiger partial charge in [-0.25, -0.2) is 13.1 Å². The SMILES string of the molecule is CS(=O)(=O)NCC(=O)N1C[C@H]2CC[C@@H](Oc3cccnc3)[C@H]2C1. The van der Waals surface area contributed by atoms with E-state index in [1.165, 1.54) is 0 Å². The van der Waals surface area contributed by atoms with Crippen molar-refractivity contribution in [3.8, 4) is 5.75 Å². The minimum atomic E-state index is -3.35. The molecule has 1 N–H and O–H groups in total. The van der Waals surface area contributed by atoms with Crippen LogP contribution < -0.4 is 9.46 Å². The molecule has 8 heteroatoms. The number of rotatable bonds is 5. The van der Waals surface area contributed by atoms with Crippen LogP contribution in [-0.4, -0.2) is 56.2 Å². The van der Waals surface area contributed by atoms with E-state index in [1.54, 1.807) is 17.3 Å². The number of hydrogen-bond acceptors (Lipinski definition) is 5. The highest BCUT2D eigenvalue weighted by Gasteiger charge is 2.45. The minimum absolute atomic E-state index is 0.0878. The van der Waals surface area contributed by atoms with E-state index < -0.39 is 10.0 Å². The van der Waals surface area contributed by atoms with E-state index in [4.69, 9.17) is 4.74 Å². The quantitative estimate of drug-likeness (QED) is 0.830. The maximum absolute atomic E-state index is 12.1. The Hall–Kier alpha value is -1.67. The fourth-order valence-corrected chi connectivity index (χ4v) is 3.85. The van der Waals surface area contributed by atoms with Crippen LogP contribution in [0, 0.1) is 11.8 Å². The van der Waals surface area contributed by atoms with Gasteiger partial charge >= 0.3 is 0 Å². The van der Waals surface area contributed by atoms with Gasteiger partial charge in [0.15, 0.2) is 0 Å². The number of nitrogens with one attached hydrogen (secondary N) is 1. The lowest BCUT2D eigenvalue weighted by Gasteiger charge is -2.22. The minimum Gasteiger partial charge on any atom is -0.488 e. The monoisotopic (exact) mass is 339 g/mol. The topological polar surface area (TPSA) is 88.6 Å². The second-order valence-electron chi connectivity index (χ2n) is 6.24. The van der Waals surface area contributed by atoms with Gasteiger partial charge in [-0.1, -0.05) is 0 Å². The molecule has 1 aliphatic heterocycles. The molecule has 1 amide bonds. The van der Waals surface area contributed by atoms with Gasteiger partial charge in [-0.3, -0.25) is 9.78 Å². The second kappa shape index (κ2) is 6.45. The summed E-state index contributed by atoms with van der Waals surface area (Å²) in [5.41, 5.74) is 0. The van der Waals surface area contributed by atoms with Gasteiger partial charge in [0.05, 0.1) is 19.0 Å². The summed E-state index contributed by atoms with van der Waals surface area (Å²) in [6, 6.07) is 3.72. The molecule has 2 aliphatic rings. The zero-order chi connectivity index (χ0) is 16.4. The molecular formula is C15H21N3O4S. The van der Waals surface area contributed by atoms with Gasteiger partial charge in [-0.2, -0.15) is 0 Å². The van der Waals surface area contributed by atoms with E-state index >= 15 is 0 Å². The van der Waals surface area contributed by atoms with Gasteiger partial charge in [-0.05, 0) is 30.9 Å². The Morgan fingerprint density at radius 3 is 2.96 bits per heavy atom. The van der Waals surface area contributed by atoms with Crippen molar-refractivity contribution in [1.29, 1.82) is 0 Å². The maximum atomic E-state index is 12.1. The molecule has 0 aromatic carbocycles. The number of sulfonamides is 1. The second-order valence-corrected chi connectivity index (χ2v) is 8.07. The van der Waals surface area contributed by atoms with Crippen molar-refractivity contribution in [2.45, 2.75) is 18.9 Å². The van der Waals surface area contributed by atoms with Crippen molar-refractivity contribution in [2.75, 3.05) is 25.9 Å². The number of ether oxygens (including phenoxy) is 1. The molecule has 7 nitrogen and oxygen atoms in total. The van der Waals surface area contributed by atoms with Crippen LogP contribution in [0.2, 0.25) is 0 Å². The normalized spacial score (nSPS) is 27.0. The standard InChI is InChI=1S/C15H21N3O4S/c1-23(20,21)17-8-15(19)18-9-11-4-5-14(13(11)10-18)22-12-3-2-6-16-7-12/h2-3,6-7,11,13-14,17H,4-5,8-10H2,1H3/t11-,13+,14-/m1/s1. The molecule has 3 atom stereocenters. The molecule has 1 aliphatic carbocycles. The molecule has 0 unspecified atom stereocenters. The molecule has 3 rings (SSSR count). The van der Waals surface area contributed by atoms with E-state index in [2.05, 4.69) is 9.71 Å². The van der Waals surface area contributed by atoms with Gasteiger partial charge < -0.3 is 9.64 Å². The molecule has 0 radical (unpaired) electrons. The average Bonchev–Trinajstić information content (AvgIpc) is 3.07. The number of likely N-dealkylation sites (tertiary alicyclic amines) is 1. The van der Waals surface area contributed by atoms with Crippen molar-refractivity contribution in [1.82, 2.24) is 14.6 Å². The first-order valence-corrected chi connectivity index (χ1v) is 9.60. The van der Waals surface area contributed by atoms with Crippen LogP contribution >= 0.6 is 0 Å². The van der Waals surface area contributed by atoms with Crippen molar-refractivity contribution in [3.63, 3.8) is 0 Å². The third kappa shape index (κ3) is 4.00. The molecule has 2 heterocycles. The van der Waals surface area contributed by atoms with Gasteiger partial charge in [0.25, 0.3) is 0 Å². The Morgan fingerprint density at radius 2 is 2.26 bits per heavy atom. The highest BCUT2D eigenvalue weighted by molar-refractivity contribution is 7.88. The highest BCUT2D eigenvalue weighted by Crippen LogP contribution is 2.40. The average molecular weight is 339 g/mol. The lowest BCUT2D eigenvalue weighted by Crippen LogP contribution is -2.39. The molecule has 1 aromatic rings. The zero-order valence-corrected chi connectivity index (χ0v) is 13.8. The number of nitrogens with zero attached hydrogens (tertiary/aromatic N) is 2. The van der Waals surface area contributed by atoms with Crippen LogP contribution in [0.5, 0.6) is 5.75 Å². The summed E-state index contributed by atoms with van der Waals surface area (Å²) in [4.78, 5) is 17.9. The van der Waals surface area contributed by atoms with Gasteiger partial charge in [0.1, 0.15) is 11.9 Å². The Balaban J connectivity index is 1.57. The number of pyridine rings is 1. The first-order chi connectivity index (χ1) is 10.9. The van der Waals surface area contributed by atoms with E-state index in [0.29, 0.717) is 24.9 Å². The molecular weight excluding hydrogens is 318 g/mol. The Labute approximate surface area is 136 Å². The smallest absolute Gasteiger partial charge is 0.237 e. The van der Waals surface area contributed by atoms with Crippen LogP contribution in [-0.2, 0) is 14.8 Å². The van der Waals surface area contributed by atoms with Crippen LogP contribution in [0.4, 0.5) is 0 Å². The summed E-state index contributed by atoms with van der Waals surface area (Å²) >= 11 is 0. The van der Waals surface area contributed by atoms with Crippen LogP contribution in [0.3, 0.4) is 0 Å². The molecule has 1 aromatic heterocycles. The predicted octanol–water partition coefficient (Wildman–Crippen LogP) is 0.247. The summed E-state index contributed by atoms with van der Waals surface area (Å²) in [6.07, 6.45) is 6.55. The number of carbonyl (C=O) groups is 1. The number of carbonyl (C=O) groups excluding carboxylic acids is 1. The van der Waals surface area contributed by atoms with E-state index in [0.717, 1.165) is 24.8 Å². The summed E-state index contributed by atoms with van der Waals surface area (Å²) in [5.74, 6) is 1.31. The number of hydrogen-bond donors (Lipinski definition) is 1. The third-order valence-corrected chi connectivity index (χ3v) is 5.22. The third-order valence-electron chi connectivity index (χ3n) is 4.55. The van der Waals surface area contributed by atoms with Gasteiger partial charge in [-0.15, -0.1) is 0 Å². The molecule has 23 heavy (non-hydrogen) atoms. The molecule has 126 valence electrons. The van der Waals surface area contributed by atoms with Crippen molar-refractivity contribution < 1.29 is 17.9 Å². The Bertz CT molecular complexity index is 665. The van der Waals surface area contributed by atoms with E-state index in [9.17, 15) is 13.2 Å². The maximum Gasteiger partial charge on any atom is 0.237 e.